The lowest BCUT2D eigenvalue weighted by molar-refractivity contribution is -0.124. The molecule has 1 N–H and O–H groups in total. The number of carbonyl (C=O) groups excluding carboxylic acids is 2. The molecule has 0 bridgehead atoms. The summed E-state index contributed by atoms with van der Waals surface area (Å²) in [5.41, 5.74) is 0. The van der Waals surface area contributed by atoms with Gasteiger partial charge in [-0.2, -0.15) is 0 Å². The third kappa shape index (κ3) is 1.43. The molecule has 1 rings (SSSR count). The third-order valence-electron chi connectivity index (χ3n) is 1.09. The van der Waals surface area contributed by atoms with Gasteiger partial charge in [0, 0.05) is 6.42 Å². The van der Waals surface area contributed by atoms with Crippen molar-refractivity contribution in [3.8, 4) is 0 Å². The fourth-order valence-electron chi connectivity index (χ4n) is 0.640. The average Bonchev–Trinajstić information content (AvgIpc) is 2.10. The van der Waals surface area contributed by atoms with Crippen LogP contribution in [0.2, 0.25) is 0 Å². The summed E-state index contributed by atoms with van der Waals surface area (Å²) >= 11 is 1.33. The van der Waals surface area contributed by atoms with Crippen molar-refractivity contribution >= 4 is 31.6 Å². The number of nitrogens with one attached hydrogen (secondary N) is 1. The van der Waals surface area contributed by atoms with Crippen LogP contribution < -0.4 is 5.32 Å². The maximum atomic E-state index is 10.6. The van der Waals surface area contributed by atoms with Gasteiger partial charge >= 0.3 is 0 Å². The zero-order valence-electron chi connectivity index (χ0n) is 4.59. The van der Waals surface area contributed by atoms with Gasteiger partial charge in [0.1, 0.15) is 0 Å². The monoisotopic (exact) mass is 163 g/mol. The summed E-state index contributed by atoms with van der Waals surface area (Å²) in [6.45, 7) is 0. The smallest absolute Gasteiger partial charge is 0.240 e. The molecule has 2 atom stereocenters. The van der Waals surface area contributed by atoms with E-state index in [0.29, 0.717) is 6.42 Å². The van der Waals surface area contributed by atoms with Gasteiger partial charge in [-0.15, -0.1) is 11.4 Å². The molecular formula is C4H6NO2PS. The van der Waals surface area contributed by atoms with Crippen molar-refractivity contribution in [3.05, 3.63) is 0 Å². The molecule has 1 aliphatic rings. The molecule has 0 spiro atoms. The number of carbonyl (C=O) groups is 2. The van der Waals surface area contributed by atoms with Crippen LogP contribution in [0.4, 0.5) is 0 Å². The molecule has 0 aromatic rings. The van der Waals surface area contributed by atoms with Crippen molar-refractivity contribution in [2.75, 3.05) is 0 Å². The van der Waals surface area contributed by atoms with Crippen LogP contribution in [-0.2, 0) is 9.59 Å². The van der Waals surface area contributed by atoms with E-state index in [4.69, 9.17) is 0 Å². The highest BCUT2D eigenvalue weighted by Gasteiger charge is 2.29. The van der Waals surface area contributed by atoms with Crippen LogP contribution in [0.1, 0.15) is 6.42 Å². The second-order valence-electron chi connectivity index (χ2n) is 1.74. The van der Waals surface area contributed by atoms with Crippen LogP contribution in [0.3, 0.4) is 0 Å². The number of hydrogen-bond acceptors (Lipinski definition) is 3. The highest BCUT2D eigenvalue weighted by atomic mass is 32.7. The van der Waals surface area contributed by atoms with Gasteiger partial charge in [-0.05, 0) is 0 Å². The first-order chi connectivity index (χ1) is 4.24. The number of hydrogen-bond donors (Lipinski definition) is 1. The number of imide groups is 1. The molecule has 0 aromatic carbocycles. The first-order valence-corrected chi connectivity index (χ1v) is 4.79. The second kappa shape index (κ2) is 2.67. The standard InChI is InChI=1S/C4H6NO2PS/c6-3-1-2(9-8)4(7)5-3/h2H,1,8H2,(H,5,6,7). The van der Waals surface area contributed by atoms with E-state index in [1.807, 2.05) is 0 Å². The molecule has 1 aliphatic heterocycles. The molecule has 0 radical (unpaired) electrons. The van der Waals surface area contributed by atoms with Crippen molar-refractivity contribution in [2.24, 2.45) is 0 Å². The van der Waals surface area contributed by atoms with Crippen LogP contribution in [0.5, 0.6) is 0 Å². The summed E-state index contributed by atoms with van der Waals surface area (Å²) in [4.78, 5) is 21.1. The summed E-state index contributed by atoms with van der Waals surface area (Å²) in [5.74, 6) is -0.333. The summed E-state index contributed by atoms with van der Waals surface area (Å²) < 4.78 is 0. The fraction of sp³-hybridized carbons (Fsp3) is 0.500. The van der Waals surface area contributed by atoms with E-state index < -0.39 is 0 Å². The van der Waals surface area contributed by atoms with Gasteiger partial charge in [-0.1, -0.05) is 8.44 Å². The Morgan fingerprint density at radius 3 is 2.56 bits per heavy atom. The normalized spacial score (nSPS) is 26.6. The Morgan fingerprint density at radius 2 is 2.33 bits per heavy atom. The van der Waals surface area contributed by atoms with Crippen LogP contribution in [0.25, 0.3) is 0 Å². The molecule has 2 amide bonds. The van der Waals surface area contributed by atoms with Crippen LogP contribution >= 0.6 is 19.8 Å². The predicted octanol–water partition coefficient (Wildman–Crippen LogP) is -0.0752. The lowest BCUT2D eigenvalue weighted by atomic mass is 10.4. The van der Waals surface area contributed by atoms with Gasteiger partial charge in [0.25, 0.3) is 0 Å². The fourth-order valence-corrected chi connectivity index (χ4v) is 1.73. The van der Waals surface area contributed by atoms with E-state index in [1.165, 1.54) is 11.4 Å². The highest BCUT2D eigenvalue weighted by Crippen LogP contribution is 2.24. The minimum absolute atomic E-state index is 0.167. The van der Waals surface area contributed by atoms with Gasteiger partial charge in [0.05, 0.1) is 5.25 Å². The van der Waals surface area contributed by atoms with Crippen molar-refractivity contribution in [1.29, 1.82) is 0 Å². The molecule has 0 saturated carbocycles. The Hall–Kier alpha value is -0.0800. The number of amides is 2. The van der Waals surface area contributed by atoms with E-state index >= 15 is 0 Å². The van der Waals surface area contributed by atoms with E-state index in [0.717, 1.165) is 0 Å². The minimum atomic E-state index is -0.178. The number of rotatable bonds is 1. The second-order valence-corrected chi connectivity index (χ2v) is 3.40. The van der Waals surface area contributed by atoms with E-state index in [2.05, 4.69) is 13.8 Å². The average molecular weight is 163 g/mol. The molecule has 9 heavy (non-hydrogen) atoms. The Labute approximate surface area is 58.9 Å². The molecule has 50 valence electrons. The van der Waals surface area contributed by atoms with E-state index in [-0.39, 0.29) is 17.1 Å². The zero-order chi connectivity index (χ0) is 6.85. The lowest BCUT2D eigenvalue weighted by Gasteiger charge is -1.95. The Morgan fingerprint density at radius 1 is 1.67 bits per heavy atom. The first-order valence-electron chi connectivity index (χ1n) is 2.43. The third-order valence-corrected chi connectivity index (χ3v) is 2.78. The van der Waals surface area contributed by atoms with Crippen molar-refractivity contribution in [3.63, 3.8) is 0 Å². The SMILES string of the molecule is O=C1CC(SP)C(=O)N1. The topological polar surface area (TPSA) is 46.2 Å². The van der Waals surface area contributed by atoms with Gasteiger partial charge < -0.3 is 0 Å². The molecule has 5 heteroatoms. The van der Waals surface area contributed by atoms with Crippen molar-refractivity contribution < 1.29 is 9.59 Å². The van der Waals surface area contributed by atoms with Gasteiger partial charge in [0.2, 0.25) is 11.8 Å². The van der Waals surface area contributed by atoms with Crippen molar-refractivity contribution in [1.82, 2.24) is 5.32 Å². The largest absolute Gasteiger partial charge is 0.295 e. The molecule has 1 saturated heterocycles. The van der Waals surface area contributed by atoms with E-state index in [9.17, 15) is 9.59 Å². The van der Waals surface area contributed by atoms with Gasteiger partial charge in [-0.25, -0.2) is 0 Å². The minimum Gasteiger partial charge on any atom is -0.295 e. The summed E-state index contributed by atoms with van der Waals surface area (Å²) in [6, 6.07) is 0. The summed E-state index contributed by atoms with van der Waals surface area (Å²) in [6.07, 6.45) is 0.326. The summed E-state index contributed by atoms with van der Waals surface area (Å²) in [7, 11) is 2.37. The van der Waals surface area contributed by atoms with Crippen LogP contribution in [-0.4, -0.2) is 17.1 Å². The zero-order valence-corrected chi connectivity index (χ0v) is 6.56. The molecule has 3 nitrogen and oxygen atoms in total. The van der Waals surface area contributed by atoms with Crippen molar-refractivity contribution in [2.45, 2.75) is 11.7 Å². The van der Waals surface area contributed by atoms with Crippen LogP contribution in [0, 0.1) is 0 Å². The molecule has 1 heterocycles. The van der Waals surface area contributed by atoms with Gasteiger partial charge in [-0.3, -0.25) is 14.9 Å². The Balaban J connectivity index is 2.58. The Bertz CT molecular complexity index is 161. The Kier molecular flexibility index (Phi) is 2.09. The van der Waals surface area contributed by atoms with E-state index in [1.54, 1.807) is 0 Å². The molecule has 1 fully saturated rings. The maximum absolute atomic E-state index is 10.6. The quantitative estimate of drug-likeness (QED) is 0.434. The first kappa shape index (κ1) is 7.03. The maximum Gasteiger partial charge on any atom is 0.240 e. The molecular weight excluding hydrogens is 157 g/mol. The summed E-state index contributed by atoms with van der Waals surface area (Å²) in [5, 5.41) is 2.03. The molecule has 0 aromatic heterocycles. The lowest BCUT2D eigenvalue weighted by Crippen LogP contribution is -2.22. The predicted molar refractivity (Wildman–Crippen MR) is 38.9 cm³/mol. The van der Waals surface area contributed by atoms with Gasteiger partial charge in [0.15, 0.2) is 0 Å². The van der Waals surface area contributed by atoms with Crippen LogP contribution in [0.15, 0.2) is 0 Å². The molecule has 0 aliphatic carbocycles. The molecule has 2 unspecified atom stereocenters. The highest BCUT2D eigenvalue weighted by molar-refractivity contribution is 8.44.